The predicted molar refractivity (Wildman–Crippen MR) is 130 cm³/mol. The number of azo groups is 1. The molecule has 5 aromatic rings. The molecule has 9 N–H and O–H groups in total. The molecule has 0 atom stereocenters. The summed E-state index contributed by atoms with van der Waals surface area (Å²) in [6, 6.07) is 10.3. The standard InChI is InChI=1S/C20H16N10O5S/c21-17-26-18(22)28-19(27-17)23-9-1-3-11-8(5-9)6-14(36(33,34)35)15(16(11)31)30-29-10-2-4-12-13(7-10)25-20(32)24-12/h1-7,31H,(H2,24,25,32)(H,33,34,35)(H5,21,22,23,26,27,28). The van der Waals surface area contributed by atoms with Crippen LogP contribution in [0.2, 0.25) is 0 Å². The second-order valence-electron chi connectivity index (χ2n) is 7.49. The molecule has 16 heteroatoms. The van der Waals surface area contributed by atoms with Crippen molar-refractivity contribution in [1.29, 1.82) is 0 Å². The Morgan fingerprint density at radius 3 is 2.36 bits per heavy atom. The molecule has 2 heterocycles. The van der Waals surface area contributed by atoms with Crippen molar-refractivity contribution in [3.63, 3.8) is 0 Å². The van der Waals surface area contributed by atoms with Crippen LogP contribution in [0.3, 0.4) is 0 Å². The maximum atomic E-state index is 12.1. The average molecular weight is 508 g/mol. The van der Waals surface area contributed by atoms with E-state index in [4.69, 9.17) is 11.5 Å². The molecule has 0 amide bonds. The van der Waals surface area contributed by atoms with Crippen molar-refractivity contribution in [3.8, 4) is 5.75 Å². The summed E-state index contributed by atoms with van der Waals surface area (Å²) in [6.07, 6.45) is 0. The van der Waals surface area contributed by atoms with Crippen LogP contribution in [0.4, 0.5) is 34.9 Å². The molecule has 0 saturated carbocycles. The summed E-state index contributed by atoms with van der Waals surface area (Å²) in [6.45, 7) is 0. The van der Waals surface area contributed by atoms with Gasteiger partial charge in [0.2, 0.25) is 17.8 Å². The van der Waals surface area contributed by atoms with Gasteiger partial charge in [0.15, 0.2) is 5.75 Å². The number of phenols is 1. The number of aromatic hydroxyl groups is 1. The third-order valence-corrected chi connectivity index (χ3v) is 5.89. The highest BCUT2D eigenvalue weighted by atomic mass is 32.2. The topological polar surface area (TPSA) is 251 Å². The van der Waals surface area contributed by atoms with Gasteiger partial charge in [-0.1, -0.05) is 0 Å². The van der Waals surface area contributed by atoms with Crippen molar-refractivity contribution >= 4 is 66.8 Å². The van der Waals surface area contributed by atoms with Gasteiger partial charge in [-0.3, -0.25) is 4.55 Å². The van der Waals surface area contributed by atoms with Crippen molar-refractivity contribution in [2.24, 2.45) is 10.2 Å². The monoisotopic (exact) mass is 508 g/mol. The van der Waals surface area contributed by atoms with Crippen LogP contribution in [0, 0.1) is 0 Å². The van der Waals surface area contributed by atoms with Crippen LogP contribution in [0.15, 0.2) is 62.4 Å². The minimum atomic E-state index is -4.82. The van der Waals surface area contributed by atoms with Crippen LogP contribution < -0.4 is 22.5 Å². The maximum Gasteiger partial charge on any atom is 0.323 e. The van der Waals surface area contributed by atoms with Crippen LogP contribution in [-0.2, 0) is 10.1 Å². The zero-order chi connectivity index (χ0) is 25.6. The number of nitrogen functional groups attached to an aromatic ring is 2. The second kappa shape index (κ2) is 8.29. The number of nitrogens with zero attached hydrogens (tertiary/aromatic N) is 5. The molecule has 0 aliphatic heterocycles. The van der Waals surface area contributed by atoms with Crippen molar-refractivity contribution in [2.75, 3.05) is 16.8 Å². The molecule has 0 radical (unpaired) electrons. The number of anilines is 4. The van der Waals surface area contributed by atoms with Crippen LogP contribution in [0.1, 0.15) is 0 Å². The number of H-pyrrole nitrogens is 2. The van der Waals surface area contributed by atoms with Crippen LogP contribution >= 0.6 is 0 Å². The number of benzene rings is 3. The Morgan fingerprint density at radius 2 is 1.64 bits per heavy atom. The molecule has 182 valence electrons. The average Bonchev–Trinajstić information content (AvgIpc) is 3.16. The van der Waals surface area contributed by atoms with Crippen LogP contribution in [0.5, 0.6) is 5.75 Å². The molecule has 3 aromatic carbocycles. The Labute approximate surface area is 200 Å². The molecule has 0 spiro atoms. The summed E-state index contributed by atoms with van der Waals surface area (Å²) in [4.78, 5) is 27.4. The third kappa shape index (κ3) is 4.36. The van der Waals surface area contributed by atoms with E-state index in [1.54, 1.807) is 12.1 Å². The second-order valence-corrected chi connectivity index (χ2v) is 8.88. The normalized spacial score (nSPS) is 12.0. The lowest BCUT2D eigenvalue weighted by molar-refractivity contribution is 0.472. The maximum absolute atomic E-state index is 12.1. The zero-order valence-corrected chi connectivity index (χ0v) is 18.8. The van der Waals surface area contributed by atoms with Crippen LogP contribution in [0.25, 0.3) is 21.8 Å². The smallest absolute Gasteiger partial charge is 0.323 e. The fourth-order valence-corrected chi connectivity index (χ4v) is 4.17. The first kappa shape index (κ1) is 22.7. The molecule has 0 unspecified atom stereocenters. The molecule has 2 aromatic heterocycles. The Balaban J connectivity index is 1.58. The van der Waals surface area contributed by atoms with E-state index in [1.165, 1.54) is 24.3 Å². The lowest BCUT2D eigenvalue weighted by Gasteiger charge is -2.11. The predicted octanol–water partition coefficient (Wildman–Crippen LogP) is 2.47. The fourth-order valence-electron chi connectivity index (χ4n) is 3.51. The highest BCUT2D eigenvalue weighted by molar-refractivity contribution is 7.86. The lowest BCUT2D eigenvalue weighted by atomic mass is 10.1. The SMILES string of the molecule is Nc1nc(N)nc(Nc2ccc3c(O)c(N=Nc4ccc5[nH]c(=O)[nH]c5c4)c(S(=O)(=O)O)cc3c2)n1. The summed E-state index contributed by atoms with van der Waals surface area (Å²) >= 11 is 0. The van der Waals surface area contributed by atoms with Gasteiger partial charge in [-0.05, 0) is 47.9 Å². The van der Waals surface area contributed by atoms with E-state index < -0.39 is 32.1 Å². The fraction of sp³-hybridized carbons (Fsp3) is 0. The molecular weight excluding hydrogens is 492 g/mol. The first-order valence-corrected chi connectivity index (χ1v) is 11.5. The minimum absolute atomic E-state index is 0.0460. The molecule has 0 aliphatic rings. The number of fused-ring (bicyclic) bond motifs is 2. The first-order valence-electron chi connectivity index (χ1n) is 10.0. The van der Waals surface area contributed by atoms with Gasteiger partial charge in [0.05, 0.1) is 16.7 Å². The Bertz CT molecular complexity index is 1840. The number of aromatic amines is 2. The Hall–Kier alpha value is -5.09. The van der Waals surface area contributed by atoms with Gasteiger partial charge < -0.3 is 31.9 Å². The number of imidazole rings is 1. The van der Waals surface area contributed by atoms with Crippen LogP contribution in [-0.4, -0.2) is 43.0 Å². The molecule has 0 bridgehead atoms. The summed E-state index contributed by atoms with van der Waals surface area (Å²) in [5.41, 5.74) is 11.9. The number of hydrogen-bond acceptors (Lipinski definition) is 12. The van der Waals surface area contributed by atoms with Crippen molar-refractivity contribution in [2.45, 2.75) is 4.90 Å². The van der Waals surface area contributed by atoms with Gasteiger partial charge in [-0.2, -0.15) is 28.5 Å². The minimum Gasteiger partial charge on any atom is -0.505 e. The largest absolute Gasteiger partial charge is 0.505 e. The van der Waals surface area contributed by atoms with Gasteiger partial charge in [0.25, 0.3) is 10.1 Å². The quantitative estimate of drug-likeness (QED) is 0.134. The molecule has 0 aliphatic carbocycles. The molecule has 15 nitrogen and oxygen atoms in total. The van der Waals surface area contributed by atoms with E-state index in [1.807, 2.05) is 0 Å². The number of hydrogen-bond donors (Lipinski definition) is 7. The molecule has 36 heavy (non-hydrogen) atoms. The molecule has 0 saturated heterocycles. The van der Waals surface area contributed by atoms with Crippen molar-refractivity contribution in [3.05, 3.63) is 52.9 Å². The highest BCUT2D eigenvalue weighted by Crippen LogP contribution is 2.42. The molecule has 0 fully saturated rings. The van der Waals surface area contributed by atoms with E-state index in [0.29, 0.717) is 16.7 Å². The summed E-state index contributed by atoms with van der Waals surface area (Å²) in [5, 5.41) is 22.0. The number of nitrogens with one attached hydrogen (secondary N) is 3. The van der Waals surface area contributed by atoms with Gasteiger partial charge in [-0.25, -0.2) is 4.79 Å². The van der Waals surface area contributed by atoms with Crippen molar-refractivity contribution < 1.29 is 18.1 Å². The van der Waals surface area contributed by atoms with Crippen molar-refractivity contribution in [1.82, 2.24) is 24.9 Å². The number of aromatic nitrogens is 5. The third-order valence-electron chi connectivity index (χ3n) is 5.02. The lowest BCUT2D eigenvalue weighted by Crippen LogP contribution is -2.06. The van der Waals surface area contributed by atoms with E-state index in [-0.39, 0.29) is 34.3 Å². The Kier molecular flexibility index (Phi) is 5.23. The summed E-state index contributed by atoms with van der Waals surface area (Å²) in [5.74, 6) is -0.687. The van der Waals surface area contributed by atoms with E-state index in [2.05, 4.69) is 40.5 Å². The van der Waals surface area contributed by atoms with E-state index in [0.717, 1.165) is 6.07 Å². The molecule has 5 rings (SSSR count). The van der Waals surface area contributed by atoms with Gasteiger partial charge >= 0.3 is 5.69 Å². The zero-order valence-electron chi connectivity index (χ0n) is 18.0. The number of phenolic OH excluding ortho intramolecular Hbond substituents is 1. The first-order chi connectivity index (χ1) is 17.1. The van der Waals surface area contributed by atoms with Gasteiger partial charge in [0.1, 0.15) is 10.6 Å². The number of nitrogens with two attached hydrogens (primary N) is 2. The van der Waals surface area contributed by atoms with Gasteiger partial charge in [-0.15, -0.1) is 5.11 Å². The van der Waals surface area contributed by atoms with Gasteiger partial charge in [0, 0.05) is 11.1 Å². The summed E-state index contributed by atoms with van der Waals surface area (Å²) in [7, 11) is -4.82. The molecular formula is C20H16N10O5S. The van der Waals surface area contributed by atoms with E-state index in [9.17, 15) is 22.9 Å². The highest BCUT2D eigenvalue weighted by Gasteiger charge is 2.22. The van der Waals surface area contributed by atoms with E-state index >= 15 is 0 Å². The number of rotatable bonds is 5. The Morgan fingerprint density at radius 1 is 0.917 bits per heavy atom. The summed E-state index contributed by atoms with van der Waals surface area (Å²) < 4.78 is 34.0.